The van der Waals surface area contributed by atoms with Gasteiger partial charge in [-0.25, -0.2) is 0 Å². The van der Waals surface area contributed by atoms with Gasteiger partial charge in [-0.15, -0.1) is 0 Å². The highest BCUT2D eigenvalue weighted by atomic mass is 19.4. The number of halogens is 3. The van der Waals surface area contributed by atoms with Gasteiger partial charge in [0.15, 0.2) is 0 Å². The highest BCUT2D eigenvalue weighted by Gasteiger charge is 2.30. The normalized spacial score (nSPS) is 13.5. The molecule has 0 aliphatic carbocycles. The molecule has 0 radical (unpaired) electrons. The molecule has 0 saturated carbocycles. The van der Waals surface area contributed by atoms with Gasteiger partial charge in [-0.05, 0) is 23.8 Å². The third-order valence-corrected chi connectivity index (χ3v) is 2.79. The molecule has 1 N–H and O–H groups in total. The molecule has 19 heavy (non-hydrogen) atoms. The summed E-state index contributed by atoms with van der Waals surface area (Å²) in [5, 5.41) is 14.0. The maximum Gasteiger partial charge on any atom is 0.416 e. The number of hydrogen-bond acceptors (Lipinski definition) is 2. The predicted octanol–water partition coefficient (Wildman–Crippen LogP) is 2.72. The van der Waals surface area contributed by atoms with Gasteiger partial charge < -0.3 is 5.11 Å². The van der Waals surface area contributed by atoms with Gasteiger partial charge >= 0.3 is 6.18 Å². The van der Waals surface area contributed by atoms with E-state index in [1.165, 1.54) is 12.1 Å². The molecule has 0 amide bonds. The molecule has 1 atom stereocenters. The molecule has 0 saturated heterocycles. The van der Waals surface area contributed by atoms with Gasteiger partial charge in [0, 0.05) is 19.7 Å². The second-order valence-corrected chi connectivity index (χ2v) is 4.33. The molecule has 3 nitrogen and oxygen atoms in total. The van der Waals surface area contributed by atoms with Crippen molar-refractivity contribution in [3.05, 3.63) is 53.3 Å². The molecule has 2 aromatic rings. The molecule has 0 spiro atoms. The molecule has 1 heterocycles. The van der Waals surface area contributed by atoms with Crippen LogP contribution in [-0.4, -0.2) is 14.9 Å². The van der Waals surface area contributed by atoms with E-state index in [4.69, 9.17) is 0 Å². The Labute approximate surface area is 108 Å². The van der Waals surface area contributed by atoms with Gasteiger partial charge in [0.2, 0.25) is 0 Å². The van der Waals surface area contributed by atoms with E-state index < -0.39 is 17.8 Å². The SMILES string of the molecule is Cn1ccc(C(O)Cc2ccc(C(F)(F)F)cc2)n1. The number of rotatable bonds is 3. The van der Waals surface area contributed by atoms with E-state index in [0.29, 0.717) is 11.3 Å². The largest absolute Gasteiger partial charge is 0.416 e. The fraction of sp³-hybridized carbons (Fsp3) is 0.308. The molecular weight excluding hydrogens is 257 g/mol. The molecule has 0 aliphatic heterocycles. The fourth-order valence-corrected chi connectivity index (χ4v) is 1.77. The average molecular weight is 270 g/mol. The Morgan fingerprint density at radius 3 is 2.32 bits per heavy atom. The van der Waals surface area contributed by atoms with Gasteiger partial charge in [0.1, 0.15) is 6.10 Å². The van der Waals surface area contributed by atoms with Crippen LogP contribution < -0.4 is 0 Å². The Bertz CT molecular complexity index is 546. The van der Waals surface area contributed by atoms with Crippen molar-refractivity contribution in [1.29, 1.82) is 0 Å². The highest BCUT2D eigenvalue weighted by molar-refractivity contribution is 5.25. The van der Waals surface area contributed by atoms with Crippen LogP contribution in [0.25, 0.3) is 0 Å². The van der Waals surface area contributed by atoms with Crippen molar-refractivity contribution >= 4 is 0 Å². The van der Waals surface area contributed by atoms with Crippen molar-refractivity contribution in [1.82, 2.24) is 9.78 Å². The van der Waals surface area contributed by atoms with Gasteiger partial charge in [-0.3, -0.25) is 4.68 Å². The lowest BCUT2D eigenvalue weighted by Crippen LogP contribution is -2.06. The Balaban J connectivity index is 2.07. The quantitative estimate of drug-likeness (QED) is 0.931. The molecule has 2 rings (SSSR count). The standard InChI is InChI=1S/C13H13F3N2O/c1-18-7-6-11(17-18)12(19)8-9-2-4-10(5-3-9)13(14,15)16/h2-7,12,19H,8H2,1H3. The van der Waals surface area contributed by atoms with Gasteiger partial charge in [-0.1, -0.05) is 12.1 Å². The third kappa shape index (κ3) is 3.35. The van der Waals surface area contributed by atoms with Crippen LogP contribution in [0.3, 0.4) is 0 Å². The van der Waals surface area contributed by atoms with Gasteiger partial charge in [0.25, 0.3) is 0 Å². The summed E-state index contributed by atoms with van der Waals surface area (Å²) < 4.78 is 38.7. The molecule has 1 aromatic heterocycles. The first kappa shape index (κ1) is 13.6. The molecule has 0 bridgehead atoms. The zero-order valence-electron chi connectivity index (χ0n) is 10.2. The monoisotopic (exact) mass is 270 g/mol. The minimum atomic E-state index is -4.34. The molecule has 1 aromatic carbocycles. The van der Waals surface area contributed by atoms with Crippen LogP contribution in [0, 0.1) is 0 Å². The van der Waals surface area contributed by atoms with Gasteiger partial charge in [-0.2, -0.15) is 18.3 Å². The number of aryl methyl sites for hydroxylation is 1. The van der Waals surface area contributed by atoms with Gasteiger partial charge in [0.05, 0.1) is 11.3 Å². The summed E-state index contributed by atoms with van der Waals surface area (Å²) in [7, 11) is 1.73. The topological polar surface area (TPSA) is 38.0 Å². The summed E-state index contributed by atoms with van der Waals surface area (Å²) in [4.78, 5) is 0. The first-order chi connectivity index (χ1) is 8.86. The molecule has 6 heteroatoms. The number of hydrogen-bond donors (Lipinski definition) is 1. The lowest BCUT2D eigenvalue weighted by molar-refractivity contribution is -0.137. The van der Waals surface area contributed by atoms with Crippen molar-refractivity contribution in [2.45, 2.75) is 18.7 Å². The fourth-order valence-electron chi connectivity index (χ4n) is 1.77. The lowest BCUT2D eigenvalue weighted by Gasteiger charge is -2.10. The second-order valence-electron chi connectivity index (χ2n) is 4.33. The van der Waals surface area contributed by atoms with Crippen LogP contribution in [0.1, 0.15) is 22.9 Å². The number of aliphatic hydroxyl groups is 1. The zero-order chi connectivity index (χ0) is 14.0. The second kappa shape index (κ2) is 5.05. The summed E-state index contributed by atoms with van der Waals surface area (Å²) in [6, 6.07) is 6.44. The number of nitrogens with zero attached hydrogens (tertiary/aromatic N) is 2. The summed E-state index contributed by atoms with van der Waals surface area (Å²) in [5.74, 6) is 0. The number of aliphatic hydroxyl groups excluding tert-OH is 1. The average Bonchev–Trinajstić information content (AvgIpc) is 2.75. The Kier molecular flexibility index (Phi) is 3.61. The number of benzene rings is 1. The van der Waals surface area contributed by atoms with E-state index in [9.17, 15) is 18.3 Å². The molecule has 1 unspecified atom stereocenters. The molecular formula is C13H13F3N2O. The Morgan fingerprint density at radius 1 is 1.21 bits per heavy atom. The van der Waals surface area contributed by atoms with Crippen LogP contribution >= 0.6 is 0 Å². The number of aromatic nitrogens is 2. The number of alkyl halides is 3. The van der Waals surface area contributed by atoms with E-state index in [1.807, 2.05) is 0 Å². The van der Waals surface area contributed by atoms with Crippen molar-refractivity contribution < 1.29 is 18.3 Å². The van der Waals surface area contributed by atoms with Crippen molar-refractivity contribution in [3.63, 3.8) is 0 Å². The highest BCUT2D eigenvalue weighted by Crippen LogP contribution is 2.29. The summed E-state index contributed by atoms with van der Waals surface area (Å²) in [6.45, 7) is 0. The first-order valence-corrected chi connectivity index (χ1v) is 5.70. The van der Waals surface area contributed by atoms with Crippen molar-refractivity contribution in [3.8, 4) is 0 Å². The smallest absolute Gasteiger partial charge is 0.386 e. The molecule has 0 aliphatic rings. The lowest BCUT2D eigenvalue weighted by atomic mass is 10.0. The van der Waals surface area contributed by atoms with Crippen molar-refractivity contribution in [2.24, 2.45) is 7.05 Å². The van der Waals surface area contributed by atoms with E-state index in [2.05, 4.69) is 5.10 Å². The van der Waals surface area contributed by atoms with E-state index in [0.717, 1.165) is 12.1 Å². The summed E-state index contributed by atoms with van der Waals surface area (Å²) >= 11 is 0. The van der Waals surface area contributed by atoms with Crippen LogP contribution in [0.5, 0.6) is 0 Å². The van der Waals surface area contributed by atoms with E-state index in [1.54, 1.807) is 24.0 Å². The minimum absolute atomic E-state index is 0.231. The molecule has 0 fully saturated rings. The maximum absolute atomic E-state index is 12.4. The third-order valence-electron chi connectivity index (χ3n) is 2.79. The Morgan fingerprint density at radius 2 is 1.84 bits per heavy atom. The minimum Gasteiger partial charge on any atom is -0.386 e. The zero-order valence-corrected chi connectivity index (χ0v) is 10.2. The van der Waals surface area contributed by atoms with E-state index in [-0.39, 0.29) is 6.42 Å². The van der Waals surface area contributed by atoms with E-state index >= 15 is 0 Å². The van der Waals surface area contributed by atoms with Crippen LogP contribution in [-0.2, 0) is 19.6 Å². The maximum atomic E-state index is 12.4. The van der Waals surface area contributed by atoms with Crippen LogP contribution in [0.2, 0.25) is 0 Å². The summed E-state index contributed by atoms with van der Waals surface area (Å²) in [6.07, 6.45) is -3.23. The first-order valence-electron chi connectivity index (χ1n) is 5.70. The van der Waals surface area contributed by atoms with Crippen LogP contribution in [0.15, 0.2) is 36.5 Å². The summed E-state index contributed by atoms with van der Waals surface area (Å²) in [5.41, 5.74) is 0.442. The van der Waals surface area contributed by atoms with Crippen LogP contribution in [0.4, 0.5) is 13.2 Å². The Hall–Kier alpha value is -1.82. The predicted molar refractivity (Wildman–Crippen MR) is 63.3 cm³/mol. The molecule has 102 valence electrons. The van der Waals surface area contributed by atoms with Crippen molar-refractivity contribution in [2.75, 3.05) is 0 Å².